The van der Waals surface area contributed by atoms with E-state index in [1.165, 1.54) is 25.9 Å². The van der Waals surface area contributed by atoms with E-state index in [4.69, 9.17) is 0 Å². The van der Waals surface area contributed by atoms with Gasteiger partial charge in [0.1, 0.15) is 0 Å². The third kappa shape index (κ3) is 4.05. The van der Waals surface area contributed by atoms with Crippen LogP contribution in [0.5, 0.6) is 0 Å². The highest BCUT2D eigenvalue weighted by atomic mass is 15.2. The molecule has 2 unspecified atom stereocenters. The summed E-state index contributed by atoms with van der Waals surface area (Å²) in [5, 5.41) is 3.70. The summed E-state index contributed by atoms with van der Waals surface area (Å²) in [7, 11) is 0. The molecule has 1 fully saturated rings. The van der Waals surface area contributed by atoms with Crippen LogP contribution >= 0.6 is 0 Å². The fraction of sp³-hybridized carbons (Fsp3) is 0.800. The van der Waals surface area contributed by atoms with Crippen molar-refractivity contribution in [3.8, 4) is 0 Å². The summed E-state index contributed by atoms with van der Waals surface area (Å²) >= 11 is 0. The summed E-state index contributed by atoms with van der Waals surface area (Å²) in [5.74, 6) is 0.717. The summed E-state index contributed by atoms with van der Waals surface area (Å²) in [4.78, 5) is 6.77. The van der Waals surface area contributed by atoms with Crippen LogP contribution in [0, 0.1) is 5.92 Å². The normalized spacial score (nSPS) is 25.1. The third-order valence-corrected chi connectivity index (χ3v) is 4.26. The Morgan fingerprint density at radius 2 is 2.21 bits per heavy atom. The number of nitrogens with one attached hydrogen (secondary N) is 1. The van der Waals surface area contributed by atoms with Gasteiger partial charge in [-0.05, 0) is 18.8 Å². The van der Waals surface area contributed by atoms with Crippen molar-refractivity contribution in [1.29, 1.82) is 0 Å². The van der Waals surface area contributed by atoms with Crippen LogP contribution in [0.2, 0.25) is 0 Å². The van der Waals surface area contributed by atoms with Crippen molar-refractivity contribution in [1.82, 2.24) is 19.8 Å². The monoisotopic (exact) mass is 264 g/mol. The lowest BCUT2D eigenvalue weighted by molar-refractivity contribution is 0.108. The number of piperazine rings is 1. The Kier molecular flexibility index (Phi) is 5.40. The molecule has 0 spiro atoms. The predicted octanol–water partition coefficient (Wildman–Crippen LogP) is 1.98. The number of aryl methyl sites for hydroxylation is 1. The summed E-state index contributed by atoms with van der Waals surface area (Å²) in [6.07, 6.45) is 8.26. The lowest BCUT2D eigenvalue weighted by atomic mass is 9.98. The maximum Gasteiger partial charge on any atom is 0.0945 e. The molecular weight excluding hydrogens is 236 g/mol. The van der Waals surface area contributed by atoms with Crippen molar-refractivity contribution >= 4 is 0 Å². The highest BCUT2D eigenvalue weighted by Gasteiger charge is 2.27. The second kappa shape index (κ2) is 7.06. The first kappa shape index (κ1) is 14.5. The van der Waals surface area contributed by atoms with Gasteiger partial charge in [-0.2, -0.15) is 0 Å². The van der Waals surface area contributed by atoms with Crippen molar-refractivity contribution in [3.63, 3.8) is 0 Å². The molecule has 0 saturated carbocycles. The van der Waals surface area contributed by atoms with E-state index < -0.39 is 0 Å². The van der Waals surface area contributed by atoms with E-state index in [1.807, 2.05) is 18.7 Å². The highest BCUT2D eigenvalue weighted by Crippen LogP contribution is 2.15. The largest absolute Gasteiger partial charge is 0.337 e. The maximum absolute atomic E-state index is 4.09. The van der Waals surface area contributed by atoms with Crippen molar-refractivity contribution in [2.24, 2.45) is 5.92 Å². The predicted molar refractivity (Wildman–Crippen MR) is 79.1 cm³/mol. The standard InChI is InChI=1S/C15H28N4/c1-4-14-10-17-15(13(2)3)11-19(14)8-5-7-18-9-6-16-12-18/h6,9,12-15,17H,4-5,7-8,10-11H2,1-3H3. The number of hydrogen-bond acceptors (Lipinski definition) is 3. The first-order valence-electron chi connectivity index (χ1n) is 7.64. The minimum atomic E-state index is 0.649. The van der Waals surface area contributed by atoms with Gasteiger partial charge in [0.15, 0.2) is 0 Å². The van der Waals surface area contributed by atoms with E-state index in [0.717, 1.165) is 13.1 Å². The molecule has 1 aromatic heterocycles. The van der Waals surface area contributed by atoms with E-state index in [-0.39, 0.29) is 0 Å². The molecule has 1 N–H and O–H groups in total. The molecule has 2 rings (SSSR count). The molecule has 4 nitrogen and oxygen atoms in total. The van der Waals surface area contributed by atoms with Gasteiger partial charge in [-0.15, -0.1) is 0 Å². The summed E-state index contributed by atoms with van der Waals surface area (Å²) in [6, 6.07) is 1.36. The fourth-order valence-corrected chi connectivity index (χ4v) is 2.88. The Bertz CT molecular complexity index is 347. The molecule has 0 amide bonds. The van der Waals surface area contributed by atoms with E-state index in [1.54, 1.807) is 0 Å². The molecule has 0 aliphatic carbocycles. The first-order valence-corrected chi connectivity index (χ1v) is 7.64. The molecule has 19 heavy (non-hydrogen) atoms. The summed E-state index contributed by atoms with van der Waals surface area (Å²) < 4.78 is 2.17. The molecule has 1 saturated heterocycles. The average Bonchev–Trinajstić information content (AvgIpc) is 2.91. The molecule has 2 atom stereocenters. The van der Waals surface area contributed by atoms with E-state index in [9.17, 15) is 0 Å². The Balaban J connectivity index is 1.80. The topological polar surface area (TPSA) is 33.1 Å². The molecule has 1 aromatic rings. The second-order valence-electron chi connectivity index (χ2n) is 5.97. The highest BCUT2D eigenvalue weighted by molar-refractivity contribution is 4.87. The van der Waals surface area contributed by atoms with Crippen LogP contribution in [-0.4, -0.2) is 46.2 Å². The van der Waals surface area contributed by atoms with Crippen LogP contribution in [0.3, 0.4) is 0 Å². The molecular formula is C15H28N4. The minimum Gasteiger partial charge on any atom is -0.337 e. The minimum absolute atomic E-state index is 0.649. The zero-order chi connectivity index (χ0) is 13.7. The number of hydrogen-bond donors (Lipinski definition) is 1. The van der Waals surface area contributed by atoms with Crippen LogP contribution in [0.4, 0.5) is 0 Å². The Morgan fingerprint density at radius 1 is 1.37 bits per heavy atom. The fourth-order valence-electron chi connectivity index (χ4n) is 2.88. The van der Waals surface area contributed by atoms with Crippen LogP contribution in [0.15, 0.2) is 18.7 Å². The zero-order valence-electron chi connectivity index (χ0n) is 12.5. The van der Waals surface area contributed by atoms with Crippen molar-refractivity contribution < 1.29 is 0 Å². The van der Waals surface area contributed by atoms with Gasteiger partial charge in [0, 0.05) is 50.7 Å². The number of imidazole rings is 1. The molecule has 0 bridgehead atoms. The van der Waals surface area contributed by atoms with Gasteiger partial charge in [0.2, 0.25) is 0 Å². The molecule has 2 heterocycles. The Labute approximate surface area is 117 Å². The number of nitrogens with zero attached hydrogens (tertiary/aromatic N) is 3. The van der Waals surface area contributed by atoms with Crippen LogP contribution < -0.4 is 5.32 Å². The molecule has 4 heteroatoms. The molecule has 0 aromatic carbocycles. The summed E-state index contributed by atoms with van der Waals surface area (Å²) in [5.41, 5.74) is 0. The van der Waals surface area contributed by atoms with Gasteiger partial charge in [0.25, 0.3) is 0 Å². The number of aromatic nitrogens is 2. The van der Waals surface area contributed by atoms with Crippen molar-refractivity contribution in [3.05, 3.63) is 18.7 Å². The molecule has 1 aliphatic rings. The molecule has 0 radical (unpaired) electrons. The second-order valence-corrected chi connectivity index (χ2v) is 5.97. The average molecular weight is 264 g/mol. The Morgan fingerprint density at radius 3 is 2.84 bits per heavy atom. The third-order valence-electron chi connectivity index (χ3n) is 4.26. The van der Waals surface area contributed by atoms with Gasteiger partial charge < -0.3 is 9.88 Å². The molecule has 108 valence electrons. The van der Waals surface area contributed by atoms with Gasteiger partial charge in [-0.25, -0.2) is 4.98 Å². The van der Waals surface area contributed by atoms with Crippen molar-refractivity contribution in [2.75, 3.05) is 19.6 Å². The Hall–Kier alpha value is -0.870. The lowest BCUT2D eigenvalue weighted by Crippen LogP contribution is -2.58. The van der Waals surface area contributed by atoms with Gasteiger partial charge in [0.05, 0.1) is 6.33 Å². The maximum atomic E-state index is 4.09. The first-order chi connectivity index (χ1) is 9.20. The lowest BCUT2D eigenvalue weighted by Gasteiger charge is -2.41. The number of rotatable bonds is 6. The molecule has 1 aliphatic heterocycles. The van der Waals surface area contributed by atoms with Crippen molar-refractivity contribution in [2.45, 2.75) is 52.2 Å². The van der Waals surface area contributed by atoms with Gasteiger partial charge in [-0.3, -0.25) is 4.90 Å². The van der Waals surface area contributed by atoms with Crippen LogP contribution in [0.25, 0.3) is 0 Å². The SMILES string of the molecule is CCC1CNC(C(C)C)CN1CCCn1ccnc1. The smallest absolute Gasteiger partial charge is 0.0945 e. The van der Waals surface area contributed by atoms with Crippen LogP contribution in [-0.2, 0) is 6.54 Å². The van der Waals surface area contributed by atoms with Gasteiger partial charge in [-0.1, -0.05) is 20.8 Å². The summed E-state index contributed by atoms with van der Waals surface area (Å²) in [6.45, 7) is 11.5. The van der Waals surface area contributed by atoms with E-state index in [0.29, 0.717) is 18.0 Å². The zero-order valence-corrected chi connectivity index (χ0v) is 12.5. The van der Waals surface area contributed by atoms with Gasteiger partial charge >= 0.3 is 0 Å². The quantitative estimate of drug-likeness (QED) is 0.853. The van der Waals surface area contributed by atoms with Crippen LogP contribution in [0.1, 0.15) is 33.6 Å². The van der Waals surface area contributed by atoms with E-state index in [2.05, 4.69) is 40.5 Å². The van der Waals surface area contributed by atoms with E-state index >= 15 is 0 Å².